The molecular formula is C24H16F3NO4. The summed E-state index contributed by atoms with van der Waals surface area (Å²) in [6.45, 7) is 1.47. The largest absolute Gasteiger partial charge is 0.508 e. The van der Waals surface area contributed by atoms with Gasteiger partial charge in [0, 0.05) is 11.6 Å². The molecule has 5 nitrogen and oxygen atoms in total. The number of aliphatic hydroxyl groups excluding tert-OH is 1. The number of hydrogen-bond acceptors (Lipinski definition) is 4. The number of halogens is 3. The molecule has 0 radical (unpaired) electrons. The fourth-order valence-corrected chi connectivity index (χ4v) is 3.68. The molecular weight excluding hydrogens is 423 g/mol. The summed E-state index contributed by atoms with van der Waals surface area (Å²) in [5, 5.41) is 20.6. The predicted octanol–water partition coefficient (Wildman–Crippen LogP) is 4.74. The SMILES string of the molecule is Cc1cc(/C(O)=C2\C(=O)C(=O)N(c3ccc(F)cc3F)C2c2ccc(O)cc2)ccc1F. The van der Waals surface area contributed by atoms with Crippen molar-refractivity contribution in [3.05, 3.63) is 100 Å². The number of ketones is 1. The van der Waals surface area contributed by atoms with Crippen molar-refractivity contribution < 1.29 is 33.0 Å². The Hall–Kier alpha value is -4.07. The fourth-order valence-electron chi connectivity index (χ4n) is 3.68. The minimum absolute atomic E-state index is 0.0882. The van der Waals surface area contributed by atoms with Gasteiger partial charge in [-0.2, -0.15) is 0 Å². The maximum Gasteiger partial charge on any atom is 0.300 e. The van der Waals surface area contributed by atoms with E-state index in [4.69, 9.17) is 0 Å². The summed E-state index contributed by atoms with van der Waals surface area (Å²) >= 11 is 0. The molecule has 3 aromatic rings. The van der Waals surface area contributed by atoms with E-state index in [1.54, 1.807) is 0 Å². The van der Waals surface area contributed by atoms with Crippen LogP contribution in [0.5, 0.6) is 5.75 Å². The number of rotatable bonds is 3. The van der Waals surface area contributed by atoms with Crippen molar-refractivity contribution in [2.75, 3.05) is 4.90 Å². The molecule has 2 N–H and O–H groups in total. The van der Waals surface area contributed by atoms with E-state index in [0.717, 1.165) is 23.1 Å². The Balaban J connectivity index is 1.97. The van der Waals surface area contributed by atoms with Crippen molar-refractivity contribution in [2.45, 2.75) is 13.0 Å². The molecule has 1 aliphatic heterocycles. The first-order valence-electron chi connectivity index (χ1n) is 9.50. The Morgan fingerprint density at radius 1 is 0.906 bits per heavy atom. The fraction of sp³-hybridized carbons (Fsp3) is 0.0833. The van der Waals surface area contributed by atoms with Gasteiger partial charge in [-0.15, -0.1) is 0 Å². The lowest BCUT2D eigenvalue weighted by molar-refractivity contribution is -0.132. The Labute approximate surface area is 180 Å². The highest BCUT2D eigenvalue weighted by Crippen LogP contribution is 2.43. The Kier molecular flexibility index (Phi) is 5.22. The molecule has 1 aliphatic rings. The molecule has 1 amide bonds. The number of aromatic hydroxyl groups is 1. The molecule has 0 spiro atoms. The topological polar surface area (TPSA) is 77.8 Å². The first-order chi connectivity index (χ1) is 15.2. The average Bonchev–Trinajstić information content (AvgIpc) is 3.01. The molecule has 0 saturated carbocycles. The molecule has 1 unspecified atom stereocenters. The zero-order chi connectivity index (χ0) is 23.2. The second-order valence-corrected chi connectivity index (χ2v) is 7.32. The van der Waals surface area contributed by atoms with E-state index in [2.05, 4.69) is 0 Å². The van der Waals surface area contributed by atoms with Crippen LogP contribution in [0.2, 0.25) is 0 Å². The summed E-state index contributed by atoms with van der Waals surface area (Å²) in [7, 11) is 0. The molecule has 4 rings (SSSR count). The van der Waals surface area contributed by atoms with Crippen LogP contribution >= 0.6 is 0 Å². The van der Waals surface area contributed by atoms with Gasteiger partial charge in [0.1, 0.15) is 29.0 Å². The number of amides is 1. The molecule has 1 saturated heterocycles. The van der Waals surface area contributed by atoms with Crippen LogP contribution < -0.4 is 4.90 Å². The Bertz CT molecular complexity index is 1280. The van der Waals surface area contributed by atoms with Crippen LogP contribution in [0.25, 0.3) is 5.76 Å². The number of phenolic OH excluding ortho intramolecular Hbond substituents is 1. The summed E-state index contributed by atoms with van der Waals surface area (Å²) in [5.41, 5.74) is -0.137. The number of Topliss-reactive ketones (excluding diaryl/α,β-unsaturated/α-hetero) is 1. The number of hydrogen-bond donors (Lipinski definition) is 2. The monoisotopic (exact) mass is 439 g/mol. The molecule has 8 heteroatoms. The minimum Gasteiger partial charge on any atom is -0.508 e. The van der Waals surface area contributed by atoms with Gasteiger partial charge in [0.25, 0.3) is 11.7 Å². The van der Waals surface area contributed by atoms with Gasteiger partial charge < -0.3 is 10.2 Å². The summed E-state index contributed by atoms with van der Waals surface area (Å²) in [6.07, 6.45) is 0. The van der Waals surface area contributed by atoms with E-state index < -0.39 is 40.9 Å². The third-order valence-corrected chi connectivity index (χ3v) is 5.25. The Morgan fingerprint density at radius 3 is 2.22 bits per heavy atom. The summed E-state index contributed by atoms with van der Waals surface area (Å²) in [4.78, 5) is 26.7. The van der Waals surface area contributed by atoms with E-state index in [0.29, 0.717) is 6.07 Å². The standard InChI is InChI=1S/C24H16F3NO4/c1-12-10-14(4-8-17(12)26)22(30)20-21(13-2-6-16(29)7-3-13)28(24(32)23(20)31)19-9-5-15(25)11-18(19)27/h2-11,21,29-30H,1H3/b22-20+. The number of phenols is 1. The molecule has 3 aromatic carbocycles. The van der Waals surface area contributed by atoms with Crippen molar-refractivity contribution >= 4 is 23.1 Å². The maximum absolute atomic E-state index is 14.6. The van der Waals surface area contributed by atoms with Crippen LogP contribution in [-0.2, 0) is 9.59 Å². The van der Waals surface area contributed by atoms with Gasteiger partial charge in [0.2, 0.25) is 0 Å². The minimum atomic E-state index is -1.28. The van der Waals surface area contributed by atoms with Crippen molar-refractivity contribution in [3.63, 3.8) is 0 Å². The van der Waals surface area contributed by atoms with E-state index in [1.165, 1.54) is 43.3 Å². The second-order valence-electron chi connectivity index (χ2n) is 7.32. The van der Waals surface area contributed by atoms with Crippen molar-refractivity contribution in [2.24, 2.45) is 0 Å². The smallest absolute Gasteiger partial charge is 0.300 e. The molecule has 0 bridgehead atoms. The maximum atomic E-state index is 14.6. The van der Waals surface area contributed by atoms with Gasteiger partial charge >= 0.3 is 0 Å². The van der Waals surface area contributed by atoms with Gasteiger partial charge in [0.05, 0.1) is 17.3 Å². The number of aliphatic hydroxyl groups is 1. The van der Waals surface area contributed by atoms with Gasteiger partial charge in [-0.05, 0) is 60.5 Å². The van der Waals surface area contributed by atoms with Crippen LogP contribution in [0.4, 0.5) is 18.9 Å². The van der Waals surface area contributed by atoms with Gasteiger partial charge in [-0.25, -0.2) is 13.2 Å². The van der Waals surface area contributed by atoms with E-state index >= 15 is 0 Å². The normalized spacial score (nSPS) is 17.8. The van der Waals surface area contributed by atoms with Crippen molar-refractivity contribution in [1.82, 2.24) is 0 Å². The predicted molar refractivity (Wildman–Crippen MR) is 110 cm³/mol. The first kappa shape index (κ1) is 21.2. The molecule has 1 atom stereocenters. The molecule has 1 heterocycles. The quantitative estimate of drug-likeness (QED) is 0.351. The summed E-state index contributed by atoms with van der Waals surface area (Å²) < 4.78 is 41.7. The van der Waals surface area contributed by atoms with Gasteiger partial charge in [0.15, 0.2) is 0 Å². The average molecular weight is 439 g/mol. The van der Waals surface area contributed by atoms with Crippen LogP contribution in [0.3, 0.4) is 0 Å². The van der Waals surface area contributed by atoms with E-state index in [-0.39, 0.29) is 33.7 Å². The van der Waals surface area contributed by atoms with Crippen LogP contribution in [0.15, 0.2) is 66.2 Å². The zero-order valence-electron chi connectivity index (χ0n) is 16.6. The lowest BCUT2D eigenvalue weighted by atomic mass is 9.94. The lowest BCUT2D eigenvalue weighted by Gasteiger charge is -2.25. The van der Waals surface area contributed by atoms with Crippen molar-refractivity contribution in [1.29, 1.82) is 0 Å². The number of anilines is 1. The van der Waals surface area contributed by atoms with Crippen molar-refractivity contribution in [3.8, 4) is 5.75 Å². The number of benzene rings is 3. The molecule has 0 aromatic heterocycles. The lowest BCUT2D eigenvalue weighted by Crippen LogP contribution is -2.30. The summed E-state index contributed by atoms with van der Waals surface area (Å²) in [6, 6.07) is 10.3. The van der Waals surface area contributed by atoms with Crippen LogP contribution in [0, 0.1) is 24.4 Å². The first-order valence-corrected chi connectivity index (χ1v) is 9.50. The van der Waals surface area contributed by atoms with Crippen LogP contribution in [-0.4, -0.2) is 21.9 Å². The van der Waals surface area contributed by atoms with E-state index in [1.807, 2.05) is 0 Å². The highest BCUT2D eigenvalue weighted by atomic mass is 19.1. The molecule has 162 valence electrons. The highest BCUT2D eigenvalue weighted by molar-refractivity contribution is 6.51. The zero-order valence-corrected chi connectivity index (χ0v) is 16.6. The molecule has 0 aliphatic carbocycles. The third kappa shape index (κ3) is 3.49. The Morgan fingerprint density at radius 2 is 1.59 bits per heavy atom. The number of nitrogens with zero attached hydrogens (tertiary/aromatic N) is 1. The molecule has 1 fully saturated rings. The van der Waals surface area contributed by atoms with E-state index in [9.17, 15) is 33.0 Å². The van der Waals surface area contributed by atoms with Gasteiger partial charge in [-0.1, -0.05) is 12.1 Å². The molecule has 32 heavy (non-hydrogen) atoms. The summed E-state index contributed by atoms with van der Waals surface area (Å²) in [5.74, 6) is -5.35. The highest BCUT2D eigenvalue weighted by Gasteiger charge is 2.47. The number of carbonyl (C=O) groups is 2. The number of aryl methyl sites for hydroxylation is 1. The number of carbonyl (C=O) groups excluding carboxylic acids is 2. The third-order valence-electron chi connectivity index (χ3n) is 5.25. The van der Waals surface area contributed by atoms with Gasteiger partial charge in [-0.3, -0.25) is 14.5 Å². The van der Waals surface area contributed by atoms with Crippen LogP contribution in [0.1, 0.15) is 22.7 Å². The second kappa shape index (κ2) is 7.88.